The lowest BCUT2D eigenvalue weighted by molar-refractivity contribution is -0.118. The van der Waals surface area contributed by atoms with Crippen molar-refractivity contribution in [1.29, 1.82) is 0 Å². The summed E-state index contributed by atoms with van der Waals surface area (Å²) in [6.07, 6.45) is 0.401. The molecule has 1 aromatic carbocycles. The first-order valence-corrected chi connectivity index (χ1v) is 11.7. The van der Waals surface area contributed by atoms with Crippen molar-refractivity contribution in [2.45, 2.75) is 51.3 Å². The Hall–Kier alpha value is -1.34. The molecule has 2 fully saturated rings. The maximum absolute atomic E-state index is 12.2. The highest BCUT2D eigenvalue weighted by molar-refractivity contribution is 8.16. The average molecular weight is 395 g/mol. The van der Waals surface area contributed by atoms with Gasteiger partial charge < -0.3 is 4.90 Å². The molecular weight excluding hydrogens is 368 g/mol. The van der Waals surface area contributed by atoms with Gasteiger partial charge in [-0.2, -0.15) is 4.99 Å². The first kappa shape index (κ1) is 19.4. The van der Waals surface area contributed by atoms with Crippen LogP contribution in [0.25, 0.3) is 0 Å². The van der Waals surface area contributed by atoms with Crippen LogP contribution in [-0.2, 0) is 14.6 Å². The number of hydrogen-bond donors (Lipinski definition) is 0. The summed E-state index contributed by atoms with van der Waals surface area (Å²) in [5.74, 6) is 0.803. The van der Waals surface area contributed by atoms with Crippen LogP contribution >= 0.6 is 11.8 Å². The number of rotatable bonds is 4. The van der Waals surface area contributed by atoms with E-state index >= 15 is 0 Å². The van der Waals surface area contributed by atoms with Crippen molar-refractivity contribution in [1.82, 2.24) is 0 Å². The monoisotopic (exact) mass is 394 g/mol. The summed E-state index contributed by atoms with van der Waals surface area (Å²) in [5.41, 5.74) is 2.13. The average Bonchev–Trinajstić information content (AvgIpc) is 2.97. The molecule has 2 saturated heterocycles. The molecule has 0 saturated carbocycles. The number of hydrogen-bond acceptors (Lipinski definition) is 4. The lowest BCUT2D eigenvalue weighted by Gasteiger charge is -2.25. The van der Waals surface area contributed by atoms with Gasteiger partial charge in [-0.15, -0.1) is 0 Å². The number of amidine groups is 1. The van der Waals surface area contributed by atoms with Crippen LogP contribution < -0.4 is 4.90 Å². The zero-order chi connectivity index (χ0) is 19.1. The van der Waals surface area contributed by atoms with Crippen LogP contribution in [0.5, 0.6) is 0 Å². The zero-order valence-electron chi connectivity index (χ0n) is 15.7. The summed E-state index contributed by atoms with van der Waals surface area (Å²) in [4.78, 5) is 18.5. The molecule has 0 spiro atoms. The highest BCUT2D eigenvalue weighted by Gasteiger charge is 2.49. The van der Waals surface area contributed by atoms with Gasteiger partial charge in [0.25, 0.3) is 0 Å². The fourth-order valence-corrected chi connectivity index (χ4v) is 7.32. The Balaban J connectivity index is 1.94. The molecule has 7 heteroatoms. The summed E-state index contributed by atoms with van der Waals surface area (Å²) in [6, 6.07) is 7.99. The van der Waals surface area contributed by atoms with E-state index in [1.807, 2.05) is 30.9 Å². The van der Waals surface area contributed by atoms with E-state index in [1.54, 1.807) is 0 Å². The molecule has 0 N–H and O–H groups in total. The van der Waals surface area contributed by atoms with E-state index in [-0.39, 0.29) is 34.6 Å². The second-order valence-corrected chi connectivity index (χ2v) is 11.2. The summed E-state index contributed by atoms with van der Waals surface area (Å²) in [6.45, 7) is 8.25. The van der Waals surface area contributed by atoms with E-state index in [0.717, 1.165) is 5.69 Å². The summed E-state index contributed by atoms with van der Waals surface area (Å²) >= 11 is 1.43. The van der Waals surface area contributed by atoms with Crippen molar-refractivity contribution < 1.29 is 13.2 Å². The molecule has 0 aliphatic carbocycles. The van der Waals surface area contributed by atoms with Gasteiger partial charge in [-0.1, -0.05) is 51.6 Å². The molecule has 142 valence electrons. The van der Waals surface area contributed by atoms with Gasteiger partial charge in [0, 0.05) is 17.4 Å². The number of anilines is 1. The van der Waals surface area contributed by atoms with Crippen molar-refractivity contribution in [2.75, 3.05) is 16.4 Å². The van der Waals surface area contributed by atoms with Gasteiger partial charge in [0.05, 0.1) is 17.5 Å². The molecule has 1 aromatic rings. The fourth-order valence-electron chi connectivity index (χ4n) is 3.39. The molecule has 0 radical (unpaired) electrons. The van der Waals surface area contributed by atoms with Gasteiger partial charge in [0.15, 0.2) is 15.0 Å². The van der Waals surface area contributed by atoms with Crippen LogP contribution in [0.1, 0.15) is 45.6 Å². The largest absolute Gasteiger partial charge is 0.316 e. The maximum atomic E-state index is 12.2. The smallest absolute Gasteiger partial charge is 0.248 e. The molecule has 26 heavy (non-hydrogen) atoms. The van der Waals surface area contributed by atoms with E-state index in [1.165, 1.54) is 17.3 Å². The number of carbonyl (C=O) groups is 1. The van der Waals surface area contributed by atoms with E-state index in [2.05, 4.69) is 31.0 Å². The highest BCUT2D eigenvalue weighted by atomic mass is 32.2. The molecule has 2 atom stereocenters. The Bertz CT molecular complexity index is 814. The van der Waals surface area contributed by atoms with Crippen LogP contribution in [0.3, 0.4) is 0 Å². The molecule has 0 bridgehead atoms. The Morgan fingerprint density at radius 3 is 2.42 bits per heavy atom. The lowest BCUT2D eigenvalue weighted by atomic mass is 10.0. The predicted octanol–water partition coefficient (Wildman–Crippen LogP) is 3.46. The number of thioether (sulfide) groups is 1. The van der Waals surface area contributed by atoms with Crippen LogP contribution in [0, 0.1) is 5.92 Å². The minimum Gasteiger partial charge on any atom is -0.316 e. The molecular formula is C19H26N2O3S2. The second kappa shape index (κ2) is 7.35. The quantitative estimate of drug-likeness (QED) is 0.782. The minimum absolute atomic E-state index is 0.0598. The third-order valence-electron chi connectivity index (χ3n) is 4.71. The molecule has 2 aliphatic rings. The SMILES string of the molecule is CC(C)CC(=O)N=C1S[C@H]2CS(=O)(=O)C[C@H]2N1c1ccc(C(C)C)cc1. The molecule has 3 rings (SSSR count). The molecule has 5 nitrogen and oxygen atoms in total. The number of fused-ring (bicyclic) bond motifs is 1. The van der Waals surface area contributed by atoms with E-state index in [9.17, 15) is 13.2 Å². The number of nitrogens with zero attached hydrogens (tertiary/aromatic N) is 2. The predicted molar refractivity (Wildman–Crippen MR) is 109 cm³/mol. The van der Waals surface area contributed by atoms with Crippen molar-refractivity contribution in [2.24, 2.45) is 10.9 Å². The number of amides is 1. The van der Waals surface area contributed by atoms with E-state index in [4.69, 9.17) is 0 Å². The Kier molecular flexibility index (Phi) is 5.49. The molecule has 2 aliphatic heterocycles. The zero-order valence-corrected chi connectivity index (χ0v) is 17.3. The standard InChI is InChI=1S/C19H26N2O3S2/c1-12(2)9-18(22)20-19-21(15-7-5-14(6-8-15)13(3)4)16-10-26(23,24)11-17(16)25-19/h5-8,12-13,16-17H,9-11H2,1-4H3/t16-,17+/m1/s1. The van der Waals surface area contributed by atoms with Crippen LogP contribution in [0.15, 0.2) is 29.3 Å². The van der Waals surface area contributed by atoms with Crippen molar-refractivity contribution in [3.63, 3.8) is 0 Å². The summed E-state index contributed by atoms with van der Waals surface area (Å²) in [5, 5.41) is 0.577. The first-order valence-electron chi connectivity index (χ1n) is 9.04. The second-order valence-electron chi connectivity index (χ2n) is 7.80. The van der Waals surface area contributed by atoms with Gasteiger partial charge in [-0.25, -0.2) is 8.42 Å². The maximum Gasteiger partial charge on any atom is 0.248 e. The van der Waals surface area contributed by atoms with Crippen molar-refractivity contribution >= 4 is 38.4 Å². The molecule has 0 aromatic heterocycles. The number of sulfone groups is 1. The van der Waals surface area contributed by atoms with Crippen LogP contribution in [0.4, 0.5) is 5.69 Å². The number of carbonyl (C=O) groups excluding carboxylic acids is 1. The topological polar surface area (TPSA) is 66.8 Å². The van der Waals surface area contributed by atoms with Crippen LogP contribution in [-0.4, -0.2) is 42.3 Å². The lowest BCUT2D eigenvalue weighted by Crippen LogP contribution is -2.37. The number of aliphatic imine (C=N–C) groups is 1. The van der Waals surface area contributed by atoms with Gasteiger partial charge >= 0.3 is 0 Å². The number of benzene rings is 1. The first-order chi connectivity index (χ1) is 12.2. The van der Waals surface area contributed by atoms with E-state index in [0.29, 0.717) is 17.5 Å². The van der Waals surface area contributed by atoms with E-state index < -0.39 is 9.84 Å². The summed E-state index contributed by atoms with van der Waals surface area (Å²) in [7, 11) is -3.04. The Labute approximate surface area is 160 Å². The van der Waals surface area contributed by atoms with Gasteiger partial charge in [-0.3, -0.25) is 4.79 Å². The van der Waals surface area contributed by atoms with Crippen LogP contribution in [0.2, 0.25) is 0 Å². The molecule has 0 unspecified atom stereocenters. The molecule has 2 heterocycles. The third-order valence-corrected chi connectivity index (χ3v) is 7.92. The van der Waals surface area contributed by atoms with Gasteiger partial charge in [0.2, 0.25) is 5.91 Å². The highest BCUT2D eigenvalue weighted by Crippen LogP contribution is 2.41. The minimum atomic E-state index is -3.04. The normalized spacial score (nSPS) is 26.1. The Morgan fingerprint density at radius 1 is 1.19 bits per heavy atom. The van der Waals surface area contributed by atoms with Crippen molar-refractivity contribution in [3.05, 3.63) is 29.8 Å². The van der Waals surface area contributed by atoms with Crippen molar-refractivity contribution in [3.8, 4) is 0 Å². The fraction of sp³-hybridized carbons (Fsp3) is 0.579. The van der Waals surface area contributed by atoms with Gasteiger partial charge in [0.1, 0.15) is 0 Å². The Morgan fingerprint density at radius 2 is 1.85 bits per heavy atom. The molecule has 1 amide bonds. The third kappa shape index (κ3) is 4.14. The summed E-state index contributed by atoms with van der Waals surface area (Å²) < 4.78 is 24.2. The van der Waals surface area contributed by atoms with Gasteiger partial charge in [-0.05, 0) is 29.5 Å².